The molecule has 2 aromatic rings. The smallest absolute Gasteiger partial charge is 0.156 e. The lowest BCUT2D eigenvalue weighted by atomic mass is 10.3. The van der Waals surface area contributed by atoms with E-state index in [0.29, 0.717) is 18.0 Å². The first kappa shape index (κ1) is 11.0. The van der Waals surface area contributed by atoms with Crippen molar-refractivity contribution < 1.29 is 4.74 Å². The van der Waals surface area contributed by atoms with Crippen molar-refractivity contribution in [3.05, 3.63) is 52.8 Å². The van der Waals surface area contributed by atoms with E-state index in [4.69, 9.17) is 10.5 Å². The quantitative estimate of drug-likeness (QED) is 0.878. The van der Waals surface area contributed by atoms with Gasteiger partial charge in [-0.3, -0.25) is 4.98 Å². The Morgan fingerprint density at radius 3 is 2.62 bits per heavy atom. The molecule has 0 spiro atoms. The molecular weight excluding hydrogens is 268 g/mol. The fraction of sp³-hybridized carbons (Fsp3) is 0.0833. The SMILES string of the molecule is Nc1cccc(Br)c1OCc1ccncc1. The average molecular weight is 279 g/mol. The number of nitrogens with zero attached hydrogens (tertiary/aromatic N) is 1. The molecule has 0 aliphatic carbocycles. The molecule has 0 fully saturated rings. The molecule has 0 saturated heterocycles. The van der Waals surface area contributed by atoms with Crippen molar-refractivity contribution in [2.45, 2.75) is 6.61 Å². The maximum absolute atomic E-state index is 5.82. The zero-order chi connectivity index (χ0) is 11.4. The zero-order valence-electron chi connectivity index (χ0n) is 8.56. The predicted octanol–water partition coefficient (Wildman–Crippen LogP) is 3.01. The largest absolute Gasteiger partial charge is 0.486 e. The van der Waals surface area contributed by atoms with E-state index in [-0.39, 0.29) is 0 Å². The summed E-state index contributed by atoms with van der Waals surface area (Å²) in [6.07, 6.45) is 3.48. The standard InChI is InChI=1S/C12H11BrN2O/c13-10-2-1-3-11(14)12(10)16-8-9-4-6-15-7-5-9/h1-7H,8,14H2. The maximum atomic E-state index is 5.82. The summed E-state index contributed by atoms with van der Waals surface area (Å²) in [7, 11) is 0. The molecule has 0 aliphatic heterocycles. The number of anilines is 1. The molecule has 0 atom stereocenters. The minimum atomic E-state index is 0.481. The van der Waals surface area contributed by atoms with Crippen molar-refractivity contribution in [2.75, 3.05) is 5.73 Å². The molecule has 82 valence electrons. The molecule has 2 N–H and O–H groups in total. The van der Waals surface area contributed by atoms with Crippen molar-refractivity contribution in [1.82, 2.24) is 4.98 Å². The number of aromatic nitrogens is 1. The summed E-state index contributed by atoms with van der Waals surface area (Å²) in [6.45, 7) is 0.481. The molecule has 0 saturated carbocycles. The van der Waals surface area contributed by atoms with Gasteiger partial charge in [-0.1, -0.05) is 6.07 Å². The number of pyridine rings is 1. The maximum Gasteiger partial charge on any atom is 0.156 e. The molecule has 4 heteroatoms. The van der Waals surface area contributed by atoms with Crippen LogP contribution in [0.4, 0.5) is 5.69 Å². The lowest BCUT2D eigenvalue weighted by Crippen LogP contribution is -1.99. The fourth-order valence-electron chi connectivity index (χ4n) is 1.31. The first-order valence-electron chi connectivity index (χ1n) is 4.83. The normalized spacial score (nSPS) is 10.1. The van der Waals surface area contributed by atoms with Crippen LogP contribution in [0.5, 0.6) is 5.75 Å². The van der Waals surface area contributed by atoms with Crippen LogP contribution in [-0.4, -0.2) is 4.98 Å². The molecule has 1 aromatic heterocycles. The highest BCUT2D eigenvalue weighted by Crippen LogP contribution is 2.31. The molecule has 0 aliphatic rings. The predicted molar refractivity (Wildman–Crippen MR) is 67.1 cm³/mol. The molecule has 3 nitrogen and oxygen atoms in total. The third-order valence-corrected chi connectivity index (χ3v) is 2.75. The second-order valence-corrected chi connectivity index (χ2v) is 4.16. The highest BCUT2D eigenvalue weighted by molar-refractivity contribution is 9.10. The van der Waals surface area contributed by atoms with Crippen LogP contribution < -0.4 is 10.5 Å². The number of rotatable bonds is 3. The van der Waals surface area contributed by atoms with E-state index in [2.05, 4.69) is 20.9 Å². The first-order valence-corrected chi connectivity index (χ1v) is 5.62. The summed E-state index contributed by atoms with van der Waals surface area (Å²) < 4.78 is 6.52. The highest BCUT2D eigenvalue weighted by Gasteiger charge is 2.05. The Morgan fingerprint density at radius 1 is 1.19 bits per heavy atom. The van der Waals surface area contributed by atoms with Crippen LogP contribution in [0.3, 0.4) is 0 Å². The number of halogens is 1. The Kier molecular flexibility index (Phi) is 3.41. The zero-order valence-corrected chi connectivity index (χ0v) is 10.1. The number of hydrogen-bond donors (Lipinski definition) is 1. The summed E-state index contributed by atoms with van der Waals surface area (Å²) in [5, 5.41) is 0. The minimum absolute atomic E-state index is 0.481. The van der Waals surface area contributed by atoms with Gasteiger partial charge >= 0.3 is 0 Å². The lowest BCUT2D eigenvalue weighted by molar-refractivity contribution is 0.306. The summed E-state index contributed by atoms with van der Waals surface area (Å²) in [4.78, 5) is 3.95. The molecule has 1 aromatic carbocycles. The van der Waals surface area contributed by atoms with Gasteiger partial charge in [-0.2, -0.15) is 0 Å². The first-order chi connectivity index (χ1) is 7.77. The summed E-state index contributed by atoms with van der Waals surface area (Å²) in [5.74, 6) is 0.680. The van der Waals surface area contributed by atoms with Crippen LogP contribution in [0.25, 0.3) is 0 Å². The van der Waals surface area contributed by atoms with E-state index in [1.54, 1.807) is 12.4 Å². The van der Waals surface area contributed by atoms with Crippen molar-refractivity contribution in [2.24, 2.45) is 0 Å². The van der Waals surface area contributed by atoms with Crippen LogP contribution in [0, 0.1) is 0 Å². The van der Waals surface area contributed by atoms with Crippen LogP contribution >= 0.6 is 15.9 Å². The van der Waals surface area contributed by atoms with Gasteiger partial charge in [0, 0.05) is 12.4 Å². The van der Waals surface area contributed by atoms with Crippen LogP contribution in [0.1, 0.15) is 5.56 Å². The van der Waals surface area contributed by atoms with E-state index >= 15 is 0 Å². The minimum Gasteiger partial charge on any atom is -0.486 e. The number of nitrogen functional groups attached to an aromatic ring is 1. The molecule has 0 bridgehead atoms. The van der Waals surface area contributed by atoms with E-state index in [0.717, 1.165) is 10.0 Å². The summed E-state index contributed by atoms with van der Waals surface area (Å²) in [5.41, 5.74) is 7.51. The number of nitrogens with two attached hydrogens (primary N) is 1. The van der Waals surface area contributed by atoms with Gasteiger partial charge in [0.25, 0.3) is 0 Å². The van der Waals surface area contributed by atoms with Crippen LogP contribution in [0.15, 0.2) is 47.2 Å². The third-order valence-electron chi connectivity index (χ3n) is 2.13. The molecule has 0 radical (unpaired) electrons. The average Bonchev–Trinajstić information content (AvgIpc) is 2.30. The van der Waals surface area contributed by atoms with Crippen LogP contribution in [0.2, 0.25) is 0 Å². The molecule has 2 rings (SSSR count). The van der Waals surface area contributed by atoms with Gasteiger partial charge in [-0.05, 0) is 45.8 Å². The molecule has 16 heavy (non-hydrogen) atoms. The summed E-state index contributed by atoms with van der Waals surface area (Å²) in [6, 6.07) is 9.41. The number of ether oxygens (including phenoxy) is 1. The third kappa shape index (κ3) is 2.52. The van der Waals surface area contributed by atoms with Gasteiger partial charge in [-0.25, -0.2) is 0 Å². The van der Waals surface area contributed by atoms with E-state index in [1.165, 1.54) is 0 Å². The Bertz CT molecular complexity index is 453. The van der Waals surface area contributed by atoms with Crippen molar-refractivity contribution >= 4 is 21.6 Å². The van der Waals surface area contributed by atoms with E-state index in [1.807, 2.05) is 30.3 Å². The van der Waals surface area contributed by atoms with E-state index < -0.39 is 0 Å². The Labute approximate surface area is 102 Å². The molecule has 0 amide bonds. The topological polar surface area (TPSA) is 48.1 Å². The molecule has 1 heterocycles. The van der Waals surface area contributed by atoms with Crippen LogP contribution in [-0.2, 0) is 6.61 Å². The number of hydrogen-bond acceptors (Lipinski definition) is 3. The Hall–Kier alpha value is -1.55. The monoisotopic (exact) mass is 278 g/mol. The van der Waals surface area contributed by atoms with Crippen molar-refractivity contribution in [3.63, 3.8) is 0 Å². The van der Waals surface area contributed by atoms with Gasteiger partial charge < -0.3 is 10.5 Å². The highest BCUT2D eigenvalue weighted by atomic mass is 79.9. The fourth-order valence-corrected chi connectivity index (χ4v) is 1.81. The van der Waals surface area contributed by atoms with Gasteiger partial charge in [0.2, 0.25) is 0 Å². The molecular formula is C12H11BrN2O. The van der Waals surface area contributed by atoms with Gasteiger partial charge in [0.1, 0.15) is 6.61 Å². The number of benzene rings is 1. The van der Waals surface area contributed by atoms with E-state index in [9.17, 15) is 0 Å². The lowest BCUT2D eigenvalue weighted by Gasteiger charge is -2.10. The van der Waals surface area contributed by atoms with Crippen molar-refractivity contribution in [1.29, 1.82) is 0 Å². The Morgan fingerprint density at radius 2 is 1.94 bits per heavy atom. The van der Waals surface area contributed by atoms with Gasteiger partial charge in [0.05, 0.1) is 10.2 Å². The number of para-hydroxylation sites is 1. The summed E-state index contributed by atoms with van der Waals surface area (Å²) >= 11 is 3.40. The van der Waals surface area contributed by atoms with Gasteiger partial charge in [-0.15, -0.1) is 0 Å². The second-order valence-electron chi connectivity index (χ2n) is 3.30. The van der Waals surface area contributed by atoms with Crippen molar-refractivity contribution in [3.8, 4) is 5.75 Å². The second kappa shape index (κ2) is 4.99. The van der Waals surface area contributed by atoms with Gasteiger partial charge in [0.15, 0.2) is 5.75 Å². The Balaban J connectivity index is 2.11. The molecule has 0 unspecified atom stereocenters.